The largest absolute Gasteiger partial charge is 0.483 e. The average molecular weight is 555 g/mol. The summed E-state index contributed by atoms with van der Waals surface area (Å²) < 4.78 is 19.3. The molecule has 1 aliphatic heterocycles. The van der Waals surface area contributed by atoms with Gasteiger partial charge in [-0.05, 0) is 93.8 Å². The molecule has 0 bridgehead atoms. The summed E-state index contributed by atoms with van der Waals surface area (Å²) in [5.41, 5.74) is 3.07. The summed E-state index contributed by atoms with van der Waals surface area (Å²) in [6, 6.07) is 18.3. The standard InChI is InChI=1S/C26H20BrFN2O4S/c1-16-3-2-4-20(11-16)29-24(31)15-34-22-10-7-18(12-21(22)27)13-23-25(32)30(26(33)35-23)14-17-5-8-19(28)9-6-17/h2-13H,14-15H2,1H3,(H,29,31)/b23-13-. The fraction of sp³-hybridized carbons (Fsp3) is 0.115. The summed E-state index contributed by atoms with van der Waals surface area (Å²) in [5, 5.41) is 2.40. The second-order valence-electron chi connectivity index (χ2n) is 7.79. The van der Waals surface area contributed by atoms with Gasteiger partial charge in [0.25, 0.3) is 17.1 Å². The smallest absolute Gasteiger partial charge is 0.293 e. The van der Waals surface area contributed by atoms with E-state index in [2.05, 4.69) is 21.2 Å². The summed E-state index contributed by atoms with van der Waals surface area (Å²) in [6.45, 7) is 1.84. The SMILES string of the molecule is Cc1cccc(NC(=O)COc2ccc(/C=C3\SC(=O)N(Cc4ccc(F)cc4)C3=O)cc2Br)c1. The van der Waals surface area contributed by atoms with Crippen molar-refractivity contribution in [2.75, 3.05) is 11.9 Å². The molecule has 0 unspecified atom stereocenters. The van der Waals surface area contributed by atoms with Crippen molar-refractivity contribution in [3.63, 3.8) is 0 Å². The van der Waals surface area contributed by atoms with E-state index in [0.29, 0.717) is 27.0 Å². The quantitative estimate of drug-likeness (QED) is 0.354. The summed E-state index contributed by atoms with van der Waals surface area (Å²) in [6.07, 6.45) is 1.62. The normalized spacial score (nSPS) is 14.5. The number of amides is 3. The molecule has 9 heteroatoms. The van der Waals surface area contributed by atoms with Crippen LogP contribution in [0.2, 0.25) is 0 Å². The van der Waals surface area contributed by atoms with Crippen molar-refractivity contribution in [1.29, 1.82) is 0 Å². The molecule has 4 rings (SSSR count). The molecular formula is C26H20BrFN2O4S. The number of thioether (sulfide) groups is 1. The number of nitrogens with one attached hydrogen (secondary N) is 1. The molecule has 6 nitrogen and oxygen atoms in total. The highest BCUT2D eigenvalue weighted by molar-refractivity contribution is 9.10. The molecule has 1 heterocycles. The zero-order valence-corrected chi connectivity index (χ0v) is 21.0. The Morgan fingerprint density at radius 2 is 1.89 bits per heavy atom. The van der Waals surface area contributed by atoms with Crippen molar-refractivity contribution >= 4 is 56.5 Å². The van der Waals surface area contributed by atoms with Crippen LogP contribution in [0.25, 0.3) is 6.08 Å². The third-order valence-corrected chi connectivity index (χ3v) is 6.57. The monoisotopic (exact) mass is 554 g/mol. The van der Waals surface area contributed by atoms with Gasteiger partial charge in [-0.1, -0.05) is 30.3 Å². The molecule has 0 atom stereocenters. The predicted molar refractivity (Wildman–Crippen MR) is 137 cm³/mol. The molecule has 0 saturated carbocycles. The number of imide groups is 1. The molecule has 1 aliphatic rings. The minimum Gasteiger partial charge on any atom is -0.483 e. The fourth-order valence-corrected chi connectivity index (χ4v) is 4.70. The Bertz CT molecular complexity index is 1330. The lowest BCUT2D eigenvalue weighted by atomic mass is 10.2. The third-order valence-electron chi connectivity index (χ3n) is 5.04. The predicted octanol–water partition coefficient (Wildman–Crippen LogP) is 6.15. The summed E-state index contributed by atoms with van der Waals surface area (Å²) >= 11 is 4.28. The molecule has 1 fully saturated rings. The molecule has 0 spiro atoms. The first-order valence-corrected chi connectivity index (χ1v) is 12.2. The topological polar surface area (TPSA) is 75.7 Å². The highest BCUT2D eigenvalue weighted by Crippen LogP contribution is 2.34. The van der Waals surface area contributed by atoms with Gasteiger partial charge in [-0.3, -0.25) is 19.3 Å². The minimum absolute atomic E-state index is 0.0728. The Labute approximate surface area is 214 Å². The summed E-state index contributed by atoms with van der Waals surface area (Å²) in [5.74, 6) is -0.617. The molecule has 0 aliphatic carbocycles. The minimum atomic E-state index is -0.409. The van der Waals surface area contributed by atoms with E-state index in [1.165, 1.54) is 12.1 Å². The zero-order valence-electron chi connectivity index (χ0n) is 18.6. The molecule has 0 radical (unpaired) electrons. The molecule has 3 aromatic rings. The fourth-order valence-electron chi connectivity index (χ4n) is 3.35. The van der Waals surface area contributed by atoms with Crippen LogP contribution in [0.5, 0.6) is 5.75 Å². The van der Waals surface area contributed by atoms with Gasteiger partial charge in [0, 0.05) is 5.69 Å². The van der Waals surface area contributed by atoms with Crippen molar-refractivity contribution in [2.45, 2.75) is 13.5 Å². The van der Waals surface area contributed by atoms with Gasteiger partial charge in [0.1, 0.15) is 11.6 Å². The maximum Gasteiger partial charge on any atom is 0.293 e. The van der Waals surface area contributed by atoms with Gasteiger partial charge in [0.05, 0.1) is 15.9 Å². The first-order valence-electron chi connectivity index (χ1n) is 10.6. The molecule has 1 saturated heterocycles. The number of halogens is 2. The number of ether oxygens (including phenoxy) is 1. The van der Waals surface area contributed by atoms with Crippen LogP contribution in [0.4, 0.5) is 14.9 Å². The van der Waals surface area contributed by atoms with Gasteiger partial charge < -0.3 is 10.1 Å². The van der Waals surface area contributed by atoms with Gasteiger partial charge in [0.2, 0.25) is 0 Å². The number of benzene rings is 3. The van der Waals surface area contributed by atoms with Crippen LogP contribution in [0.3, 0.4) is 0 Å². The van der Waals surface area contributed by atoms with Crippen LogP contribution in [0, 0.1) is 12.7 Å². The lowest BCUT2D eigenvalue weighted by Crippen LogP contribution is -2.27. The van der Waals surface area contributed by atoms with E-state index in [4.69, 9.17) is 4.74 Å². The Kier molecular flexibility index (Phi) is 7.67. The van der Waals surface area contributed by atoms with Gasteiger partial charge in [0.15, 0.2) is 6.61 Å². The lowest BCUT2D eigenvalue weighted by Gasteiger charge is -2.12. The van der Waals surface area contributed by atoms with Crippen LogP contribution in [-0.4, -0.2) is 28.6 Å². The molecular weight excluding hydrogens is 535 g/mol. The number of rotatable bonds is 7. The Balaban J connectivity index is 1.38. The number of nitrogens with zero attached hydrogens (tertiary/aromatic N) is 1. The summed E-state index contributed by atoms with van der Waals surface area (Å²) in [7, 11) is 0. The number of carbonyl (C=O) groups is 3. The number of anilines is 1. The average Bonchev–Trinajstić information content (AvgIpc) is 3.07. The van der Waals surface area contributed by atoms with Crippen LogP contribution < -0.4 is 10.1 Å². The second-order valence-corrected chi connectivity index (χ2v) is 9.64. The maximum absolute atomic E-state index is 13.1. The van der Waals surface area contributed by atoms with Crippen LogP contribution in [0.1, 0.15) is 16.7 Å². The van der Waals surface area contributed by atoms with Crippen molar-refractivity contribution in [1.82, 2.24) is 4.90 Å². The zero-order chi connectivity index (χ0) is 24.9. The highest BCUT2D eigenvalue weighted by atomic mass is 79.9. The van der Waals surface area contributed by atoms with Gasteiger partial charge in [-0.15, -0.1) is 0 Å². The Morgan fingerprint density at radius 1 is 1.11 bits per heavy atom. The highest BCUT2D eigenvalue weighted by Gasteiger charge is 2.35. The molecule has 35 heavy (non-hydrogen) atoms. The van der Waals surface area contributed by atoms with E-state index in [1.54, 1.807) is 42.5 Å². The van der Waals surface area contributed by atoms with E-state index in [9.17, 15) is 18.8 Å². The van der Waals surface area contributed by atoms with E-state index < -0.39 is 5.91 Å². The number of carbonyl (C=O) groups excluding carboxylic acids is 3. The first-order chi connectivity index (χ1) is 16.8. The number of hydrogen-bond donors (Lipinski definition) is 1. The van der Waals surface area contributed by atoms with Gasteiger partial charge in [-0.2, -0.15) is 0 Å². The first kappa shape index (κ1) is 24.7. The van der Waals surface area contributed by atoms with Crippen LogP contribution >= 0.6 is 27.7 Å². The molecule has 0 aromatic heterocycles. The molecule has 3 aromatic carbocycles. The van der Waals surface area contributed by atoms with Gasteiger partial charge in [-0.25, -0.2) is 4.39 Å². The second kappa shape index (κ2) is 10.9. The Morgan fingerprint density at radius 3 is 2.60 bits per heavy atom. The molecule has 3 amide bonds. The van der Waals surface area contributed by atoms with Crippen molar-refractivity contribution in [3.05, 3.63) is 98.6 Å². The van der Waals surface area contributed by atoms with Crippen LogP contribution in [0.15, 0.2) is 76.1 Å². The molecule has 178 valence electrons. The van der Waals surface area contributed by atoms with E-state index in [-0.39, 0.29) is 35.0 Å². The van der Waals surface area contributed by atoms with Crippen molar-refractivity contribution in [3.8, 4) is 5.75 Å². The summed E-state index contributed by atoms with van der Waals surface area (Å²) in [4.78, 5) is 38.7. The van der Waals surface area contributed by atoms with Gasteiger partial charge >= 0.3 is 0 Å². The maximum atomic E-state index is 13.1. The molecule has 1 N–H and O–H groups in total. The van der Waals surface area contributed by atoms with Crippen molar-refractivity contribution in [2.24, 2.45) is 0 Å². The van der Waals surface area contributed by atoms with Crippen LogP contribution in [-0.2, 0) is 16.1 Å². The third kappa shape index (κ3) is 6.37. The lowest BCUT2D eigenvalue weighted by molar-refractivity contribution is -0.123. The van der Waals surface area contributed by atoms with E-state index in [0.717, 1.165) is 22.2 Å². The number of hydrogen-bond acceptors (Lipinski definition) is 5. The van der Waals surface area contributed by atoms with Crippen molar-refractivity contribution < 1.29 is 23.5 Å². The van der Waals surface area contributed by atoms with E-state index in [1.807, 2.05) is 25.1 Å². The number of aryl methyl sites for hydroxylation is 1. The Hall–Kier alpha value is -3.43. The van der Waals surface area contributed by atoms with E-state index >= 15 is 0 Å².